The molecule has 146 valence electrons. The molecule has 1 aromatic carbocycles. The van der Waals surface area contributed by atoms with Gasteiger partial charge in [0.2, 0.25) is 10.0 Å². The number of benzene rings is 1. The van der Waals surface area contributed by atoms with E-state index in [0.29, 0.717) is 24.5 Å². The van der Waals surface area contributed by atoms with Gasteiger partial charge in [0.25, 0.3) is 5.91 Å². The molecule has 27 heavy (non-hydrogen) atoms. The Morgan fingerprint density at radius 3 is 2.70 bits per heavy atom. The summed E-state index contributed by atoms with van der Waals surface area (Å²) in [5.41, 5.74) is 1.63. The molecule has 3 rings (SSSR count). The molecule has 0 radical (unpaired) electrons. The number of carbonyl (C=O) groups excluding carboxylic acids is 1. The number of sulfonamides is 1. The third kappa shape index (κ3) is 4.39. The van der Waals surface area contributed by atoms with Gasteiger partial charge in [-0.1, -0.05) is 37.3 Å². The number of aromatic nitrogens is 1. The predicted octanol–water partition coefficient (Wildman–Crippen LogP) is 2.90. The molecule has 1 aliphatic heterocycles. The third-order valence-electron chi connectivity index (χ3n) is 5.04. The summed E-state index contributed by atoms with van der Waals surface area (Å²) < 4.78 is 27.1. The standard InChI is InChI=1S/C19H25N3O3S2/c1-4-14(2)21(3)19(23)18-20-16-10-11-22(12-17(16)26-18)27(24,25)13-15-8-6-5-7-9-15/h5-9,14H,4,10-13H2,1-3H3. The van der Waals surface area contributed by atoms with Crippen LogP contribution in [0.4, 0.5) is 0 Å². The van der Waals surface area contributed by atoms with Gasteiger partial charge in [-0.15, -0.1) is 11.3 Å². The van der Waals surface area contributed by atoms with E-state index in [-0.39, 0.29) is 17.7 Å². The maximum atomic E-state index is 12.8. The minimum absolute atomic E-state index is 0.00941. The second kappa shape index (κ2) is 8.08. The molecule has 1 amide bonds. The summed E-state index contributed by atoms with van der Waals surface area (Å²) in [6, 6.07) is 9.33. The second-order valence-electron chi connectivity index (χ2n) is 6.89. The lowest BCUT2D eigenvalue weighted by atomic mass is 10.2. The van der Waals surface area contributed by atoms with E-state index in [1.807, 2.05) is 44.2 Å². The van der Waals surface area contributed by atoms with E-state index < -0.39 is 10.0 Å². The summed E-state index contributed by atoms with van der Waals surface area (Å²) in [5, 5.41) is 0.449. The zero-order valence-corrected chi connectivity index (χ0v) is 17.5. The van der Waals surface area contributed by atoms with Crippen LogP contribution < -0.4 is 0 Å². The quantitative estimate of drug-likeness (QED) is 0.738. The van der Waals surface area contributed by atoms with Crippen molar-refractivity contribution in [1.29, 1.82) is 0 Å². The van der Waals surface area contributed by atoms with E-state index in [1.165, 1.54) is 15.6 Å². The van der Waals surface area contributed by atoms with Crippen molar-refractivity contribution in [3.63, 3.8) is 0 Å². The topological polar surface area (TPSA) is 70.6 Å². The maximum absolute atomic E-state index is 12.8. The summed E-state index contributed by atoms with van der Waals surface area (Å²) in [4.78, 5) is 19.7. The Morgan fingerprint density at radius 2 is 2.04 bits per heavy atom. The Balaban J connectivity index is 1.75. The van der Waals surface area contributed by atoms with Gasteiger partial charge in [-0.25, -0.2) is 13.4 Å². The highest BCUT2D eigenvalue weighted by Gasteiger charge is 2.31. The summed E-state index contributed by atoms with van der Waals surface area (Å²) in [5.74, 6) is -0.104. The van der Waals surface area contributed by atoms with Crippen LogP contribution in [0.3, 0.4) is 0 Å². The smallest absolute Gasteiger partial charge is 0.282 e. The number of hydrogen-bond acceptors (Lipinski definition) is 5. The SMILES string of the molecule is CCC(C)N(C)C(=O)c1nc2c(s1)CN(S(=O)(=O)Cc1ccccc1)CC2. The zero-order valence-electron chi connectivity index (χ0n) is 15.9. The van der Waals surface area contributed by atoms with E-state index in [1.54, 1.807) is 11.9 Å². The number of amides is 1. The highest BCUT2D eigenvalue weighted by molar-refractivity contribution is 7.88. The fraction of sp³-hybridized carbons (Fsp3) is 0.474. The van der Waals surface area contributed by atoms with Gasteiger partial charge < -0.3 is 4.90 Å². The largest absolute Gasteiger partial charge is 0.337 e. The van der Waals surface area contributed by atoms with Crippen molar-refractivity contribution in [2.24, 2.45) is 0 Å². The Kier molecular flexibility index (Phi) is 5.98. The molecule has 0 aliphatic carbocycles. The van der Waals surface area contributed by atoms with Crippen LogP contribution in [0.1, 0.15) is 46.2 Å². The number of hydrogen-bond donors (Lipinski definition) is 0. The monoisotopic (exact) mass is 407 g/mol. The van der Waals surface area contributed by atoms with Gasteiger partial charge in [0.1, 0.15) is 0 Å². The first kappa shape index (κ1) is 20.0. The van der Waals surface area contributed by atoms with E-state index in [0.717, 1.165) is 22.6 Å². The van der Waals surface area contributed by atoms with Crippen molar-refractivity contribution in [2.45, 2.75) is 45.0 Å². The molecule has 0 saturated carbocycles. The van der Waals surface area contributed by atoms with Gasteiger partial charge in [0, 0.05) is 37.5 Å². The highest BCUT2D eigenvalue weighted by atomic mass is 32.2. The average molecular weight is 408 g/mol. The van der Waals surface area contributed by atoms with Crippen LogP contribution in [-0.4, -0.2) is 48.1 Å². The molecule has 8 heteroatoms. The van der Waals surface area contributed by atoms with E-state index in [9.17, 15) is 13.2 Å². The Labute approximate surface area is 164 Å². The highest BCUT2D eigenvalue weighted by Crippen LogP contribution is 2.28. The van der Waals surface area contributed by atoms with Crippen LogP contribution in [0.25, 0.3) is 0 Å². The number of fused-ring (bicyclic) bond motifs is 1. The molecule has 6 nitrogen and oxygen atoms in total. The van der Waals surface area contributed by atoms with Crippen molar-refractivity contribution >= 4 is 27.3 Å². The van der Waals surface area contributed by atoms with Crippen LogP contribution in [0.5, 0.6) is 0 Å². The molecule has 1 aromatic heterocycles. The first-order chi connectivity index (χ1) is 12.8. The van der Waals surface area contributed by atoms with Gasteiger partial charge >= 0.3 is 0 Å². The molecule has 1 atom stereocenters. The first-order valence-corrected chi connectivity index (χ1v) is 11.5. The Hall–Kier alpha value is -1.77. The molecule has 0 bridgehead atoms. The number of rotatable bonds is 6. The zero-order chi connectivity index (χ0) is 19.6. The Morgan fingerprint density at radius 1 is 1.33 bits per heavy atom. The second-order valence-corrected chi connectivity index (χ2v) is 9.94. The van der Waals surface area contributed by atoms with Crippen molar-refractivity contribution < 1.29 is 13.2 Å². The number of nitrogens with zero attached hydrogens (tertiary/aromatic N) is 3. The third-order valence-corrected chi connectivity index (χ3v) is 7.90. The lowest BCUT2D eigenvalue weighted by Crippen LogP contribution is -2.36. The van der Waals surface area contributed by atoms with Crippen molar-refractivity contribution in [3.8, 4) is 0 Å². The summed E-state index contributed by atoms with van der Waals surface area (Å²) >= 11 is 1.32. The molecule has 0 spiro atoms. The normalized spacial score (nSPS) is 16.0. The first-order valence-electron chi connectivity index (χ1n) is 9.09. The summed E-state index contributed by atoms with van der Waals surface area (Å²) in [7, 11) is -1.62. The van der Waals surface area contributed by atoms with E-state index >= 15 is 0 Å². The van der Waals surface area contributed by atoms with Gasteiger partial charge in [-0.05, 0) is 18.9 Å². The molecule has 0 fully saturated rings. The minimum Gasteiger partial charge on any atom is -0.337 e. The summed E-state index contributed by atoms with van der Waals surface area (Å²) in [6.45, 7) is 4.74. The fourth-order valence-corrected chi connectivity index (χ4v) is 5.68. The van der Waals surface area contributed by atoms with E-state index in [2.05, 4.69) is 4.98 Å². The van der Waals surface area contributed by atoms with Gasteiger partial charge in [-0.2, -0.15) is 4.31 Å². The van der Waals surface area contributed by atoms with Crippen LogP contribution in [-0.2, 0) is 28.7 Å². The van der Waals surface area contributed by atoms with Gasteiger partial charge in [0.05, 0.1) is 11.4 Å². The lowest BCUT2D eigenvalue weighted by Gasteiger charge is -2.25. The maximum Gasteiger partial charge on any atom is 0.282 e. The molecule has 2 aromatic rings. The average Bonchev–Trinajstić information content (AvgIpc) is 3.10. The van der Waals surface area contributed by atoms with Gasteiger partial charge in [-0.3, -0.25) is 4.79 Å². The molecule has 0 N–H and O–H groups in total. The van der Waals surface area contributed by atoms with Crippen molar-refractivity contribution in [3.05, 3.63) is 51.5 Å². The van der Waals surface area contributed by atoms with Crippen molar-refractivity contribution in [2.75, 3.05) is 13.6 Å². The summed E-state index contributed by atoms with van der Waals surface area (Å²) in [6.07, 6.45) is 1.42. The molecular formula is C19H25N3O3S2. The van der Waals surface area contributed by atoms with Crippen LogP contribution >= 0.6 is 11.3 Å². The Bertz CT molecular complexity index is 910. The lowest BCUT2D eigenvalue weighted by molar-refractivity contribution is 0.0740. The fourth-order valence-electron chi connectivity index (χ4n) is 3.00. The van der Waals surface area contributed by atoms with Crippen LogP contribution in [0.2, 0.25) is 0 Å². The predicted molar refractivity (Wildman–Crippen MR) is 107 cm³/mol. The molecule has 1 aliphatic rings. The minimum atomic E-state index is -3.41. The molecule has 2 heterocycles. The molecule has 1 unspecified atom stereocenters. The van der Waals surface area contributed by atoms with Crippen LogP contribution in [0.15, 0.2) is 30.3 Å². The van der Waals surface area contributed by atoms with Crippen LogP contribution in [0, 0.1) is 0 Å². The number of thiazole rings is 1. The molecule has 0 saturated heterocycles. The molecular weight excluding hydrogens is 382 g/mol. The van der Waals surface area contributed by atoms with E-state index in [4.69, 9.17) is 0 Å². The number of carbonyl (C=O) groups is 1. The van der Waals surface area contributed by atoms with Gasteiger partial charge in [0.15, 0.2) is 5.01 Å². The van der Waals surface area contributed by atoms with Crippen molar-refractivity contribution in [1.82, 2.24) is 14.2 Å².